The van der Waals surface area contributed by atoms with Crippen LogP contribution in [0.25, 0.3) is 0 Å². The smallest absolute Gasteiger partial charge is 0.387 e. The summed E-state index contributed by atoms with van der Waals surface area (Å²) >= 11 is 6.42. The summed E-state index contributed by atoms with van der Waals surface area (Å²) in [6.45, 7) is -1.76. The minimum absolute atomic E-state index is 0.00763. The molecule has 0 aromatic heterocycles. The Balaban J connectivity index is 1.73. The van der Waals surface area contributed by atoms with Gasteiger partial charge in [0.1, 0.15) is 10.1 Å². The molecule has 1 amide bonds. The van der Waals surface area contributed by atoms with Crippen molar-refractivity contribution in [3.05, 3.63) is 24.3 Å². The third-order valence-electron chi connectivity index (χ3n) is 3.42. The van der Waals surface area contributed by atoms with Gasteiger partial charge in [-0.2, -0.15) is 8.78 Å². The molecule has 0 aliphatic carbocycles. The number of carbonyl (C=O) groups excluding carboxylic acids is 2. The number of nitrogens with zero attached hydrogens (tertiary/aromatic N) is 1. The summed E-state index contributed by atoms with van der Waals surface area (Å²) in [6.07, 6.45) is 2.17. The predicted molar refractivity (Wildman–Crippen MR) is 98.5 cm³/mol. The highest BCUT2D eigenvalue weighted by atomic mass is 32.2. The molecule has 10 heteroatoms. The molecule has 0 saturated carbocycles. The van der Waals surface area contributed by atoms with Crippen molar-refractivity contribution >= 4 is 45.9 Å². The van der Waals surface area contributed by atoms with E-state index in [0.29, 0.717) is 4.32 Å². The first-order chi connectivity index (χ1) is 12.5. The summed E-state index contributed by atoms with van der Waals surface area (Å²) < 4.78 is 34.5. The highest BCUT2D eigenvalue weighted by Gasteiger charge is 2.17. The lowest BCUT2D eigenvalue weighted by atomic mass is 10.3. The van der Waals surface area contributed by atoms with E-state index in [1.54, 1.807) is 6.07 Å². The van der Waals surface area contributed by atoms with Gasteiger partial charge in [0, 0.05) is 13.1 Å². The number of alkyl halides is 2. The van der Waals surface area contributed by atoms with E-state index >= 15 is 0 Å². The molecule has 1 aliphatic rings. The van der Waals surface area contributed by atoms with E-state index in [4.69, 9.17) is 17.0 Å². The zero-order valence-electron chi connectivity index (χ0n) is 13.8. The normalized spacial score (nSPS) is 13.6. The van der Waals surface area contributed by atoms with Gasteiger partial charge in [0.2, 0.25) is 0 Å². The molecule has 0 bridgehead atoms. The Labute approximate surface area is 159 Å². The maximum atomic E-state index is 12.3. The minimum atomic E-state index is -3.01. The highest BCUT2D eigenvalue weighted by Crippen LogP contribution is 2.25. The van der Waals surface area contributed by atoms with Crippen molar-refractivity contribution in [3.8, 4) is 5.75 Å². The predicted octanol–water partition coefficient (Wildman–Crippen LogP) is 2.88. The number of thiocarbonyl (C=S) groups is 1. The minimum Gasteiger partial charge on any atom is -0.455 e. The fourth-order valence-corrected chi connectivity index (χ4v) is 3.30. The highest BCUT2D eigenvalue weighted by molar-refractivity contribution is 8.23. The second-order valence-electron chi connectivity index (χ2n) is 5.33. The molecule has 1 aromatic rings. The molecule has 0 atom stereocenters. The number of ether oxygens (including phenoxy) is 2. The molecule has 2 rings (SSSR count). The third kappa shape index (κ3) is 6.75. The Morgan fingerprint density at radius 3 is 2.65 bits per heavy atom. The Kier molecular flexibility index (Phi) is 8.05. The van der Waals surface area contributed by atoms with Gasteiger partial charge in [-0.1, -0.05) is 36.1 Å². The molecule has 1 N–H and O–H groups in total. The molecule has 1 aromatic carbocycles. The quantitative estimate of drug-likeness (QED) is 0.554. The zero-order chi connectivity index (χ0) is 18.9. The average Bonchev–Trinajstić information content (AvgIpc) is 3.14. The fraction of sp³-hybridized carbons (Fsp3) is 0.438. The van der Waals surface area contributed by atoms with Gasteiger partial charge in [-0.25, -0.2) is 0 Å². The zero-order valence-corrected chi connectivity index (χ0v) is 15.4. The maximum Gasteiger partial charge on any atom is 0.387 e. The third-order valence-corrected chi connectivity index (χ3v) is 4.92. The van der Waals surface area contributed by atoms with E-state index in [1.165, 1.54) is 30.0 Å². The van der Waals surface area contributed by atoms with Gasteiger partial charge < -0.3 is 19.7 Å². The first-order valence-corrected chi connectivity index (χ1v) is 9.26. The van der Waals surface area contributed by atoms with E-state index in [1.807, 2.05) is 4.90 Å². The van der Waals surface area contributed by atoms with Crippen molar-refractivity contribution in [3.63, 3.8) is 0 Å². The standard InChI is InChI=1S/C16H18F2N2O4S2/c17-15(18)24-12-6-2-1-5-11(12)19-13(21)9-23-14(22)10-26-16(25)20-7-3-4-8-20/h1-2,5-6,15H,3-4,7-10H2,(H,19,21). The van der Waals surface area contributed by atoms with Crippen LogP contribution in [0.1, 0.15) is 12.8 Å². The van der Waals surface area contributed by atoms with Crippen molar-refractivity contribution in [1.82, 2.24) is 4.90 Å². The molecule has 1 heterocycles. The SMILES string of the molecule is O=C(COC(=O)CSC(=S)N1CCCC1)Nc1ccccc1OC(F)F. The van der Waals surface area contributed by atoms with Crippen LogP contribution in [0.3, 0.4) is 0 Å². The van der Waals surface area contributed by atoms with Gasteiger partial charge in [-0.3, -0.25) is 9.59 Å². The van der Waals surface area contributed by atoms with Gasteiger partial charge in [0.05, 0.1) is 11.4 Å². The van der Waals surface area contributed by atoms with Gasteiger partial charge in [0.25, 0.3) is 5.91 Å². The Morgan fingerprint density at radius 2 is 1.96 bits per heavy atom. The average molecular weight is 404 g/mol. The van der Waals surface area contributed by atoms with Crippen molar-refractivity contribution in [2.24, 2.45) is 0 Å². The number of likely N-dealkylation sites (tertiary alicyclic amines) is 1. The first kappa shape index (κ1) is 20.4. The number of amides is 1. The summed E-state index contributed by atoms with van der Waals surface area (Å²) in [5, 5.41) is 2.37. The molecule has 26 heavy (non-hydrogen) atoms. The van der Waals surface area contributed by atoms with Gasteiger partial charge in [-0.15, -0.1) is 0 Å². The molecule has 6 nitrogen and oxygen atoms in total. The summed E-state index contributed by atoms with van der Waals surface area (Å²) in [6, 6.07) is 5.75. The number of carbonyl (C=O) groups is 2. The number of benzene rings is 1. The monoisotopic (exact) mass is 404 g/mol. The topological polar surface area (TPSA) is 67.9 Å². The van der Waals surface area contributed by atoms with Crippen LogP contribution in [0.2, 0.25) is 0 Å². The van der Waals surface area contributed by atoms with Gasteiger partial charge in [0.15, 0.2) is 6.61 Å². The largest absolute Gasteiger partial charge is 0.455 e. The molecule has 0 unspecified atom stereocenters. The van der Waals surface area contributed by atoms with Crippen LogP contribution in [-0.2, 0) is 14.3 Å². The summed E-state index contributed by atoms with van der Waals surface area (Å²) in [4.78, 5) is 25.6. The Bertz CT molecular complexity index is 655. The van der Waals surface area contributed by atoms with Gasteiger partial charge >= 0.3 is 12.6 Å². The van der Waals surface area contributed by atoms with E-state index in [2.05, 4.69) is 10.1 Å². The molecular formula is C16H18F2N2O4S2. The molecule has 1 aliphatic heterocycles. The number of hydrogen-bond donors (Lipinski definition) is 1. The summed E-state index contributed by atoms with van der Waals surface area (Å²) in [7, 11) is 0. The number of para-hydroxylation sites is 2. The second-order valence-corrected chi connectivity index (χ2v) is 6.94. The van der Waals surface area contributed by atoms with Crippen LogP contribution in [-0.4, -0.2) is 53.2 Å². The van der Waals surface area contributed by atoms with Crippen LogP contribution in [0, 0.1) is 0 Å². The second kappa shape index (κ2) is 10.3. The van der Waals surface area contributed by atoms with Crippen LogP contribution >= 0.6 is 24.0 Å². The Morgan fingerprint density at radius 1 is 1.27 bits per heavy atom. The Hall–Kier alpha value is -1.94. The number of halogens is 2. The number of anilines is 1. The molecule has 0 spiro atoms. The van der Waals surface area contributed by atoms with Gasteiger partial charge in [-0.05, 0) is 25.0 Å². The van der Waals surface area contributed by atoms with E-state index in [9.17, 15) is 18.4 Å². The van der Waals surface area contributed by atoms with E-state index in [-0.39, 0.29) is 17.2 Å². The molecule has 0 radical (unpaired) electrons. The number of hydrogen-bond acceptors (Lipinski definition) is 6. The summed E-state index contributed by atoms with van der Waals surface area (Å²) in [5.41, 5.74) is 0.0680. The lowest BCUT2D eigenvalue weighted by molar-refractivity contribution is -0.144. The van der Waals surface area contributed by atoms with Crippen molar-refractivity contribution in [1.29, 1.82) is 0 Å². The molecule has 142 valence electrons. The lowest BCUT2D eigenvalue weighted by Gasteiger charge is -2.17. The molecular weight excluding hydrogens is 386 g/mol. The van der Waals surface area contributed by atoms with Crippen molar-refractivity contribution < 1.29 is 27.8 Å². The number of thioether (sulfide) groups is 1. The fourth-order valence-electron chi connectivity index (χ4n) is 2.25. The van der Waals surface area contributed by atoms with Crippen LogP contribution in [0.15, 0.2) is 24.3 Å². The first-order valence-electron chi connectivity index (χ1n) is 7.86. The maximum absolute atomic E-state index is 12.3. The number of nitrogens with one attached hydrogen (secondary N) is 1. The molecule has 1 saturated heterocycles. The lowest BCUT2D eigenvalue weighted by Crippen LogP contribution is -2.25. The number of rotatable bonds is 7. The molecule has 1 fully saturated rings. The summed E-state index contributed by atoms with van der Waals surface area (Å²) in [5.74, 6) is -1.40. The van der Waals surface area contributed by atoms with Crippen LogP contribution in [0.4, 0.5) is 14.5 Å². The van der Waals surface area contributed by atoms with Crippen molar-refractivity contribution in [2.75, 3.05) is 30.8 Å². The van der Waals surface area contributed by atoms with E-state index < -0.39 is 25.1 Å². The van der Waals surface area contributed by atoms with Crippen LogP contribution in [0.5, 0.6) is 5.75 Å². The number of esters is 1. The van der Waals surface area contributed by atoms with E-state index in [0.717, 1.165) is 25.9 Å². The van der Waals surface area contributed by atoms with Crippen LogP contribution < -0.4 is 10.1 Å². The van der Waals surface area contributed by atoms with Crippen molar-refractivity contribution in [2.45, 2.75) is 19.5 Å².